The highest BCUT2D eigenvalue weighted by Gasteiger charge is 2.40. The monoisotopic (exact) mass is 296 g/mol. The van der Waals surface area contributed by atoms with Crippen molar-refractivity contribution in [1.82, 2.24) is 10.6 Å². The molecule has 4 nitrogen and oxygen atoms in total. The van der Waals surface area contributed by atoms with Gasteiger partial charge in [0, 0.05) is 23.0 Å². The second-order valence-electron chi connectivity index (χ2n) is 6.33. The van der Waals surface area contributed by atoms with Crippen LogP contribution in [0.1, 0.15) is 23.2 Å². The van der Waals surface area contributed by atoms with Crippen LogP contribution in [-0.2, 0) is 0 Å². The summed E-state index contributed by atoms with van der Waals surface area (Å²) in [4.78, 5) is 12.5. The van der Waals surface area contributed by atoms with Gasteiger partial charge in [0.2, 0.25) is 0 Å². The highest BCUT2D eigenvalue weighted by molar-refractivity contribution is 6.00. The Bertz CT molecular complexity index is 728. The Morgan fingerprint density at radius 3 is 2.91 bits per heavy atom. The molecule has 3 atom stereocenters. The third-order valence-corrected chi connectivity index (χ3v) is 4.97. The summed E-state index contributed by atoms with van der Waals surface area (Å²) in [5.74, 6) is 1.54. The van der Waals surface area contributed by atoms with Gasteiger partial charge in [-0.3, -0.25) is 4.79 Å². The molecule has 2 bridgehead atoms. The van der Waals surface area contributed by atoms with Crippen molar-refractivity contribution in [3.8, 4) is 5.75 Å². The molecule has 2 fully saturated rings. The third kappa shape index (κ3) is 2.24. The first-order chi connectivity index (χ1) is 10.7. The van der Waals surface area contributed by atoms with Gasteiger partial charge in [-0.05, 0) is 48.9 Å². The van der Waals surface area contributed by atoms with Crippen LogP contribution in [0.2, 0.25) is 0 Å². The summed E-state index contributed by atoms with van der Waals surface area (Å²) in [7, 11) is 1.66. The molecule has 0 aromatic heterocycles. The minimum absolute atomic E-state index is 0.00663. The summed E-state index contributed by atoms with van der Waals surface area (Å²) >= 11 is 0. The van der Waals surface area contributed by atoms with Crippen LogP contribution in [0.4, 0.5) is 0 Å². The van der Waals surface area contributed by atoms with Crippen LogP contribution in [0.5, 0.6) is 5.75 Å². The fourth-order valence-corrected chi connectivity index (χ4v) is 3.83. The van der Waals surface area contributed by atoms with E-state index in [2.05, 4.69) is 10.6 Å². The number of nitrogens with one attached hydrogen (secondary N) is 2. The average molecular weight is 296 g/mol. The maximum Gasteiger partial charge on any atom is 0.251 e. The number of amides is 1. The Morgan fingerprint density at radius 1 is 1.27 bits per heavy atom. The normalized spacial score (nSPS) is 26.3. The van der Waals surface area contributed by atoms with Crippen LogP contribution >= 0.6 is 0 Å². The van der Waals surface area contributed by atoms with Gasteiger partial charge < -0.3 is 15.4 Å². The Labute approximate surface area is 129 Å². The standard InChI is InChI=1S/C18H20N2O2/c1-22-17-4-2-3-12-5-6-13(9-14(12)17)18(21)20-16-8-11-7-15(16)19-10-11/h2-6,9,11,15-16,19H,7-8,10H2,1H3,(H,20,21). The van der Waals surface area contributed by atoms with Gasteiger partial charge in [0.15, 0.2) is 0 Å². The van der Waals surface area contributed by atoms with Crippen molar-refractivity contribution in [2.45, 2.75) is 24.9 Å². The quantitative estimate of drug-likeness (QED) is 0.914. The SMILES string of the molecule is COc1cccc2ccc(C(=O)NC3CC4CNC3C4)cc12. The van der Waals surface area contributed by atoms with Crippen LogP contribution in [0, 0.1) is 5.92 Å². The molecule has 2 aromatic carbocycles. The molecule has 3 unspecified atom stereocenters. The minimum atomic E-state index is 0.00663. The molecule has 114 valence electrons. The third-order valence-electron chi connectivity index (χ3n) is 4.97. The molecule has 4 rings (SSSR count). The number of carbonyl (C=O) groups excluding carboxylic acids is 1. The predicted molar refractivity (Wildman–Crippen MR) is 86.3 cm³/mol. The van der Waals surface area contributed by atoms with E-state index >= 15 is 0 Å². The molecule has 1 saturated heterocycles. The lowest BCUT2D eigenvalue weighted by molar-refractivity contribution is 0.0928. The lowest BCUT2D eigenvalue weighted by Crippen LogP contribution is -2.47. The van der Waals surface area contributed by atoms with Crippen LogP contribution in [0.25, 0.3) is 10.8 Å². The number of fused-ring (bicyclic) bond motifs is 3. The Hall–Kier alpha value is -2.07. The van der Waals surface area contributed by atoms with Crippen LogP contribution < -0.4 is 15.4 Å². The molecule has 22 heavy (non-hydrogen) atoms. The fraction of sp³-hybridized carbons (Fsp3) is 0.389. The number of piperidine rings is 1. The largest absolute Gasteiger partial charge is 0.496 e. The Balaban J connectivity index is 1.59. The summed E-state index contributed by atoms with van der Waals surface area (Å²) in [5.41, 5.74) is 0.694. The summed E-state index contributed by atoms with van der Waals surface area (Å²) in [6.07, 6.45) is 2.29. The maximum absolute atomic E-state index is 12.5. The van der Waals surface area contributed by atoms with Crippen molar-refractivity contribution in [3.63, 3.8) is 0 Å². The van der Waals surface area contributed by atoms with E-state index < -0.39 is 0 Å². The van der Waals surface area contributed by atoms with Gasteiger partial charge in [-0.15, -0.1) is 0 Å². The molecule has 1 heterocycles. The number of benzene rings is 2. The van der Waals surface area contributed by atoms with Crippen LogP contribution in [-0.4, -0.2) is 31.6 Å². The van der Waals surface area contributed by atoms with Crippen molar-refractivity contribution < 1.29 is 9.53 Å². The number of ether oxygens (including phenoxy) is 1. The summed E-state index contributed by atoms with van der Waals surface area (Å²) in [6, 6.07) is 12.4. The lowest BCUT2D eigenvalue weighted by Gasteiger charge is -2.24. The molecule has 2 aliphatic rings. The number of hydrogen-bond donors (Lipinski definition) is 2. The number of methoxy groups -OCH3 is 1. The van der Waals surface area contributed by atoms with E-state index in [1.54, 1.807) is 7.11 Å². The molecular weight excluding hydrogens is 276 g/mol. The highest BCUT2D eigenvalue weighted by atomic mass is 16.5. The van der Waals surface area contributed by atoms with Crippen molar-refractivity contribution >= 4 is 16.7 Å². The zero-order valence-corrected chi connectivity index (χ0v) is 12.6. The van der Waals surface area contributed by atoms with E-state index in [1.165, 1.54) is 6.42 Å². The first-order valence-electron chi connectivity index (χ1n) is 7.85. The second-order valence-corrected chi connectivity index (χ2v) is 6.33. The average Bonchev–Trinajstić information content (AvgIpc) is 3.16. The molecule has 1 aliphatic carbocycles. The van der Waals surface area contributed by atoms with E-state index in [0.29, 0.717) is 11.6 Å². The lowest BCUT2D eigenvalue weighted by atomic mass is 10.0. The van der Waals surface area contributed by atoms with Crippen molar-refractivity contribution in [1.29, 1.82) is 0 Å². The smallest absolute Gasteiger partial charge is 0.251 e. The van der Waals surface area contributed by atoms with E-state index in [9.17, 15) is 4.79 Å². The molecule has 1 amide bonds. The van der Waals surface area contributed by atoms with Gasteiger partial charge in [0.1, 0.15) is 5.75 Å². The van der Waals surface area contributed by atoms with Crippen molar-refractivity contribution in [3.05, 3.63) is 42.0 Å². The maximum atomic E-state index is 12.5. The molecule has 1 aliphatic heterocycles. The van der Waals surface area contributed by atoms with Gasteiger partial charge >= 0.3 is 0 Å². The van der Waals surface area contributed by atoms with Gasteiger partial charge in [-0.1, -0.05) is 18.2 Å². The zero-order valence-electron chi connectivity index (χ0n) is 12.6. The number of carbonyl (C=O) groups is 1. The fourth-order valence-electron chi connectivity index (χ4n) is 3.83. The molecule has 0 spiro atoms. The second kappa shape index (κ2) is 5.29. The molecule has 1 saturated carbocycles. The number of hydrogen-bond acceptors (Lipinski definition) is 3. The van der Waals surface area contributed by atoms with Gasteiger partial charge in [0.25, 0.3) is 5.91 Å². The summed E-state index contributed by atoms with van der Waals surface area (Å²) in [6.45, 7) is 1.10. The minimum Gasteiger partial charge on any atom is -0.496 e. The topological polar surface area (TPSA) is 50.4 Å². The van der Waals surface area contributed by atoms with Gasteiger partial charge in [-0.2, -0.15) is 0 Å². The Kier molecular flexibility index (Phi) is 3.26. The Morgan fingerprint density at radius 2 is 2.18 bits per heavy atom. The van der Waals surface area contributed by atoms with E-state index in [0.717, 1.165) is 35.4 Å². The molecule has 2 aromatic rings. The van der Waals surface area contributed by atoms with Crippen LogP contribution in [0.15, 0.2) is 36.4 Å². The van der Waals surface area contributed by atoms with Crippen LogP contribution in [0.3, 0.4) is 0 Å². The van der Waals surface area contributed by atoms with E-state index in [1.807, 2.05) is 36.4 Å². The molecule has 4 heteroatoms. The first kappa shape index (κ1) is 13.6. The zero-order chi connectivity index (χ0) is 15.1. The van der Waals surface area contributed by atoms with Crippen molar-refractivity contribution in [2.75, 3.05) is 13.7 Å². The molecular formula is C18H20N2O2. The first-order valence-corrected chi connectivity index (χ1v) is 7.85. The van der Waals surface area contributed by atoms with E-state index in [-0.39, 0.29) is 11.9 Å². The predicted octanol–water partition coefficient (Wildman–Crippen LogP) is 2.33. The van der Waals surface area contributed by atoms with Gasteiger partial charge in [-0.25, -0.2) is 0 Å². The van der Waals surface area contributed by atoms with Crippen molar-refractivity contribution in [2.24, 2.45) is 5.92 Å². The molecule has 0 radical (unpaired) electrons. The van der Waals surface area contributed by atoms with Gasteiger partial charge in [0.05, 0.1) is 7.11 Å². The molecule has 2 N–H and O–H groups in total. The summed E-state index contributed by atoms with van der Waals surface area (Å²) < 4.78 is 5.39. The van der Waals surface area contributed by atoms with E-state index in [4.69, 9.17) is 4.74 Å². The summed E-state index contributed by atoms with van der Waals surface area (Å²) in [5, 5.41) is 8.72. The number of rotatable bonds is 3. The highest BCUT2D eigenvalue weighted by Crippen LogP contribution is 2.31.